The lowest BCUT2D eigenvalue weighted by Crippen LogP contribution is -2.33. The van der Waals surface area contributed by atoms with Gasteiger partial charge in [-0.15, -0.1) is 19.6 Å². The van der Waals surface area contributed by atoms with Gasteiger partial charge in [-0.25, -0.2) is 0 Å². The molecule has 0 aliphatic heterocycles. The minimum atomic E-state index is -0.744. The molecule has 0 aliphatic rings. The van der Waals surface area contributed by atoms with Crippen molar-refractivity contribution in [2.24, 2.45) is 0 Å². The van der Waals surface area contributed by atoms with Crippen LogP contribution in [0.15, 0.2) is 49.6 Å². The van der Waals surface area contributed by atoms with Crippen molar-refractivity contribution in [1.29, 1.82) is 0 Å². The number of terminal acetylenes is 1. The zero-order valence-electron chi connectivity index (χ0n) is 11.0. The van der Waals surface area contributed by atoms with Crippen molar-refractivity contribution in [2.75, 3.05) is 0 Å². The van der Waals surface area contributed by atoms with E-state index in [0.29, 0.717) is 0 Å². The van der Waals surface area contributed by atoms with Crippen LogP contribution in [-0.4, -0.2) is 15.4 Å². The summed E-state index contributed by atoms with van der Waals surface area (Å²) in [6.45, 7) is 9.68. The molecule has 0 saturated heterocycles. The first kappa shape index (κ1) is 14.5. The fourth-order valence-electron chi connectivity index (χ4n) is 1.77. The van der Waals surface area contributed by atoms with Crippen LogP contribution in [0, 0.1) is 12.3 Å². The van der Waals surface area contributed by atoms with Gasteiger partial charge in [-0.1, -0.05) is 30.2 Å². The summed E-state index contributed by atoms with van der Waals surface area (Å²) in [5.74, 6) is 2.62. The molecule has 2 heteroatoms. The van der Waals surface area contributed by atoms with Crippen molar-refractivity contribution in [3.63, 3.8) is 0 Å². The van der Waals surface area contributed by atoms with Gasteiger partial charge in [0.05, 0.1) is 5.60 Å². The zero-order chi connectivity index (χ0) is 13.4. The van der Waals surface area contributed by atoms with Crippen LogP contribution in [0.5, 0.6) is 0 Å². The first-order valence-electron chi connectivity index (χ1n) is 6.05. The van der Waals surface area contributed by atoms with E-state index in [9.17, 15) is 0 Å². The molecule has 0 bridgehead atoms. The maximum atomic E-state index is 6.11. The number of hydrogen-bond acceptors (Lipinski definition) is 1. The van der Waals surface area contributed by atoms with Gasteiger partial charge in [0.1, 0.15) is 0 Å². The van der Waals surface area contributed by atoms with Gasteiger partial charge in [-0.3, -0.25) is 0 Å². The van der Waals surface area contributed by atoms with Gasteiger partial charge in [0.2, 0.25) is 0 Å². The molecule has 0 unspecified atom stereocenters. The first-order chi connectivity index (χ1) is 8.63. The molecule has 1 aromatic carbocycles. The van der Waals surface area contributed by atoms with Crippen LogP contribution in [-0.2, 0) is 4.43 Å². The second-order valence-corrected chi connectivity index (χ2v) is 5.96. The van der Waals surface area contributed by atoms with Crippen LogP contribution in [0.2, 0.25) is 0 Å². The van der Waals surface area contributed by atoms with Crippen molar-refractivity contribution in [3.05, 3.63) is 55.1 Å². The van der Waals surface area contributed by atoms with Crippen LogP contribution in [0.1, 0.15) is 25.3 Å². The van der Waals surface area contributed by atoms with Crippen molar-refractivity contribution >= 4 is 14.9 Å². The van der Waals surface area contributed by atoms with Gasteiger partial charge < -0.3 is 4.43 Å². The number of rotatable bonds is 7. The van der Waals surface area contributed by atoms with E-state index in [2.05, 4.69) is 38.1 Å². The van der Waals surface area contributed by atoms with Crippen molar-refractivity contribution in [3.8, 4) is 12.3 Å². The average molecular weight is 256 g/mol. The third-order valence-electron chi connectivity index (χ3n) is 2.86. The molecule has 0 aliphatic carbocycles. The number of benzene rings is 1. The highest BCUT2D eigenvalue weighted by Crippen LogP contribution is 2.20. The fraction of sp³-hybridized carbons (Fsp3) is 0.250. The van der Waals surface area contributed by atoms with E-state index in [1.54, 1.807) is 0 Å². The Morgan fingerprint density at radius 3 is 2.28 bits per heavy atom. The molecule has 0 radical (unpaired) electrons. The van der Waals surface area contributed by atoms with E-state index in [1.807, 2.05) is 24.3 Å². The SMILES string of the molecule is C#Cc1ccc([SiH2]OC(C)(CC=C)CC=C)cc1. The maximum absolute atomic E-state index is 6.11. The van der Waals surface area contributed by atoms with E-state index in [0.717, 1.165) is 18.4 Å². The van der Waals surface area contributed by atoms with Gasteiger partial charge in [0.15, 0.2) is 9.76 Å². The Morgan fingerprint density at radius 1 is 1.28 bits per heavy atom. The highest BCUT2D eigenvalue weighted by molar-refractivity contribution is 6.47. The molecule has 1 rings (SSSR count). The fourth-order valence-corrected chi connectivity index (χ4v) is 2.95. The smallest absolute Gasteiger partial charge is 0.193 e. The predicted molar refractivity (Wildman–Crippen MR) is 81.7 cm³/mol. The summed E-state index contributed by atoms with van der Waals surface area (Å²) in [5.41, 5.74) is 0.744. The summed E-state index contributed by atoms with van der Waals surface area (Å²) in [5, 5.41) is 1.26. The quantitative estimate of drug-likeness (QED) is 0.413. The third-order valence-corrected chi connectivity index (χ3v) is 4.51. The molecule has 1 nitrogen and oxygen atoms in total. The molecular weight excluding hydrogens is 236 g/mol. The molecule has 0 heterocycles. The van der Waals surface area contributed by atoms with E-state index in [1.165, 1.54) is 5.19 Å². The van der Waals surface area contributed by atoms with E-state index in [-0.39, 0.29) is 5.60 Å². The second kappa shape index (κ2) is 7.00. The van der Waals surface area contributed by atoms with Gasteiger partial charge in [-0.05, 0) is 37.1 Å². The Kier molecular flexibility index (Phi) is 5.64. The molecule has 0 atom stereocenters. The molecule has 0 amide bonds. The van der Waals surface area contributed by atoms with Crippen LogP contribution in [0.4, 0.5) is 0 Å². The minimum absolute atomic E-state index is 0.166. The normalized spacial score (nSPS) is 11.3. The summed E-state index contributed by atoms with van der Waals surface area (Å²) in [7, 11) is -0.744. The lowest BCUT2D eigenvalue weighted by atomic mass is 9.99. The zero-order valence-corrected chi connectivity index (χ0v) is 12.4. The summed E-state index contributed by atoms with van der Waals surface area (Å²) in [6, 6.07) is 8.04. The topological polar surface area (TPSA) is 9.23 Å². The number of hydrogen-bond donors (Lipinski definition) is 0. The monoisotopic (exact) mass is 256 g/mol. The van der Waals surface area contributed by atoms with Crippen molar-refractivity contribution in [2.45, 2.75) is 25.4 Å². The van der Waals surface area contributed by atoms with E-state index < -0.39 is 9.76 Å². The van der Waals surface area contributed by atoms with Crippen LogP contribution in [0.3, 0.4) is 0 Å². The van der Waals surface area contributed by atoms with Gasteiger partial charge in [-0.2, -0.15) is 0 Å². The Hall–Kier alpha value is -1.56. The molecule has 0 aromatic heterocycles. The predicted octanol–water partition coefficient (Wildman–Crippen LogP) is 2.30. The van der Waals surface area contributed by atoms with E-state index in [4.69, 9.17) is 10.8 Å². The summed E-state index contributed by atoms with van der Waals surface area (Å²) in [4.78, 5) is 0. The Labute approximate surface area is 113 Å². The van der Waals surface area contributed by atoms with Crippen molar-refractivity contribution in [1.82, 2.24) is 0 Å². The van der Waals surface area contributed by atoms with Crippen molar-refractivity contribution < 1.29 is 4.43 Å². The summed E-state index contributed by atoms with van der Waals surface area (Å²) in [6.07, 6.45) is 10.8. The highest BCUT2D eigenvalue weighted by Gasteiger charge is 2.21. The molecule has 0 N–H and O–H groups in total. The summed E-state index contributed by atoms with van der Waals surface area (Å²) >= 11 is 0. The largest absolute Gasteiger partial charge is 0.413 e. The molecule has 0 fully saturated rings. The lowest BCUT2D eigenvalue weighted by molar-refractivity contribution is 0.104. The molecule has 94 valence electrons. The highest BCUT2D eigenvalue weighted by atomic mass is 28.2. The molecule has 1 aromatic rings. The van der Waals surface area contributed by atoms with Gasteiger partial charge in [0, 0.05) is 5.56 Å². The first-order valence-corrected chi connectivity index (χ1v) is 7.33. The Morgan fingerprint density at radius 2 is 1.83 bits per heavy atom. The Balaban J connectivity index is 2.63. The standard InChI is InChI=1S/C16H20OSi/c1-5-12-16(4,13-6-2)17-18-15-10-8-14(7-3)9-11-15/h3,5-6,8-11H,1-2,12-13,18H2,4H3. The Bertz CT molecular complexity index is 429. The lowest BCUT2D eigenvalue weighted by Gasteiger charge is -2.28. The molecular formula is C16H20OSi. The molecule has 0 spiro atoms. The van der Waals surface area contributed by atoms with Gasteiger partial charge in [0.25, 0.3) is 0 Å². The molecule has 18 heavy (non-hydrogen) atoms. The average Bonchev–Trinajstić information content (AvgIpc) is 2.38. The van der Waals surface area contributed by atoms with E-state index >= 15 is 0 Å². The second-order valence-electron chi connectivity index (χ2n) is 4.57. The van der Waals surface area contributed by atoms with Gasteiger partial charge >= 0.3 is 0 Å². The van der Waals surface area contributed by atoms with Crippen LogP contribution in [0.25, 0.3) is 0 Å². The van der Waals surface area contributed by atoms with Crippen LogP contribution >= 0.6 is 0 Å². The third kappa shape index (κ3) is 4.36. The minimum Gasteiger partial charge on any atom is -0.413 e. The molecule has 0 saturated carbocycles. The van der Waals surface area contributed by atoms with Crippen LogP contribution < -0.4 is 5.19 Å². The summed E-state index contributed by atoms with van der Waals surface area (Å²) < 4.78 is 6.11. The maximum Gasteiger partial charge on any atom is 0.193 e.